The van der Waals surface area contributed by atoms with Crippen LogP contribution in [0.1, 0.15) is 18.0 Å². The summed E-state index contributed by atoms with van der Waals surface area (Å²) >= 11 is 9.46. The van der Waals surface area contributed by atoms with Crippen LogP contribution in [-0.2, 0) is 0 Å². The van der Waals surface area contributed by atoms with E-state index in [0.29, 0.717) is 0 Å². The van der Waals surface area contributed by atoms with Gasteiger partial charge in [-0.05, 0) is 38.4 Å². The Morgan fingerprint density at radius 1 is 1.44 bits per heavy atom. The second-order valence-electron chi connectivity index (χ2n) is 3.93. The first-order valence-electron chi connectivity index (χ1n) is 5.62. The van der Waals surface area contributed by atoms with Crippen molar-refractivity contribution in [1.29, 1.82) is 0 Å². The SMILES string of the molecule is CNC(C)c1nc(-c2cc(Cl)ccc2SC)cs1. The summed E-state index contributed by atoms with van der Waals surface area (Å²) in [6.45, 7) is 2.11. The first-order chi connectivity index (χ1) is 8.65. The molecule has 1 aromatic heterocycles. The molecular weight excluding hydrogens is 284 g/mol. The van der Waals surface area contributed by atoms with Crippen LogP contribution in [0.3, 0.4) is 0 Å². The van der Waals surface area contributed by atoms with Crippen molar-refractivity contribution in [3.8, 4) is 11.3 Å². The average Bonchev–Trinajstić information content (AvgIpc) is 2.87. The molecule has 1 N–H and O–H groups in total. The Bertz CT molecular complexity index is 540. The van der Waals surface area contributed by atoms with Crippen LogP contribution in [0.2, 0.25) is 5.02 Å². The van der Waals surface area contributed by atoms with Gasteiger partial charge in [0.15, 0.2) is 0 Å². The predicted molar refractivity (Wildman–Crippen MR) is 81.8 cm³/mol. The lowest BCUT2D eigenvalue weighted by Gasteiger charge is -2.06. The first kappa shape index (κ1) is 13.9. The second kappa shape index (κ2) is 6.06. The van der Waals surface area contributed by atoms with Crippen LogP contribution in [0, 0.1) is 0 Å². The van der Waals surface area contributed by atoms with Crippen molar-refractivity contribution in [2.45, 2.75) is 17.9 Å². The highest BCUT2D eigenvalue weighted by atomic mass is 35.5. The molecule has 96 valence electrons. The summed E-state index contributed by atoms with van der Waals surface area (Å²) < 4.78 is 0. The number of thioether (sulfide) groups is 1. The number of halogens is 1. The minimum Gasteiger partial charge on any atom is -0.311 e. The van der Waals surface area contributed by atoms with Gasteiger partial charge in [0.25, 0.3) is 0 Å². The van der Waals surface area contributed by atoms with E-state index in [1.54, 1.807) is 23.1 Å². The van der Waals surface area contributed by atoms with E-state index in [0.717, 1.165) is 21.3 Å². The molecule has 0 spiro atoms. The van der Waals surface area contributed by atoms with E-state index in [4.69, 9.17) is 11.6 Å². The molecule has 0 radical (unpaired) electrons. The standard InChI is InChI=1S/C13H15ClN2S2/c1-8(15-2)13-16-11(7-18-13)10-6-9(14)4-5-12(10)17-3/h4-8,15H,1-3H3. The van der Waals surface area contributed by atoms with Crippen LogP contribution in [0.25, 0.3) is 11.3 Å². The maximum atomic E-state index is 6.07. The van der Waals surface area contributed by atoms with Crippen LogP contribution < -0.4 is 5.32 Å². The Morgan fingerprint density at radius 3 is 2.89 bits per heavy atom. The Morgan fingerprint density at radius 2 is 2.22 bits per heavy atom. The van der Waals surface area contributed by atoms with E-state index in [1.165, 1.54) is 4.90 Å². The van der Waals surface area contributed by atoms with E-state index in [1.807, 2.05) is 25.2 Å². The van der Waals surface area contributed by atoms with Crippen molar-refractivity contribution in [2.24, 2.45) is 0 Å². The van der Waals surface area contributed by atoms with Crippen LogP contribution >= 0.6 is 34.7 Å². The largest absolute Gasteiger partial charge is 0.311 e. The molecule has 0 aliphatic carbocycles. The highest BCUT2D eigenvalue weighted by Crippen LogP contribution is 2.34. The number of benzene rings is 1. The molecule has 1 aromatic carbocycles. The molecule has 0 aliphatic rings. The molecule has 0 bridgehead atoms. The Hall–Kier alpha value is -0.550. The van der Waals surface area contributed by atoms with Crippen LogP contribution in [-0.4, -0.2) is 18.3 Å². The summed E-state index contributed by atoms with van der Waals surface area (Å²) in [5.41, 5.74) is 2.12. The number of nitrogens with one attached hydrogen (secondary N) is 1. The molecule has 0 amide bonds. The number of thiazole rings is 1. The zero-order chi connectivity index (χ0) is 13.1. The van der Waals surface area contributed by atoms with Crippen molar-refractivity contribution >= 4 is 34.7 Å². The molecule has 0 saturated carbocycles. The minimum absolute atomic E-state index is 0.278. The maximum Gasteiger partial charge on any atom is 0.110 e. The van der Waals surface area contributed by atoms with E-state index in [-0.39, 0.29) is 6.04 Å². The molecule has 1 atom stereocenters. The van der Waals surface area contributed by atoms with Gasteiger partial charge >= 0.3 is 0 Å². The summed E-state index contributed by atoms with van der Waals surface area (Å²) in [5, 5.41) is 7.14. The fourth-order valence-corrected chi connectivity index (χ4v) is 3.26. The Kier molecular flexibility index (Phi) is 4.67. The summed E-state index contributed by atoms with van der Waals surface area (Å²) in [7, 11) is 1.94. The number of rotatable bonds is 4. The van der Waals surface area contributed by atoms with Crippen molar-refractivity contribution in [2.75, 3.05) is 13.3 Å². The van der Waals surface area contributed by atoms with Crippen molar-refractivity contribution in [3.63, 3.8) is 0 Å². The third kappa shape index (κ3) is 2.88. The number of hydrogen-bond donors (Lipinski definition) is 1. The molecule has 2 nitrogen and oxygen atoms in total. The predicted octanol–water partition coefficient (Wildman–Crippen LogP) is 4.47. The zero-order valence-corrected chi connectivity index (χ0v) is 12.9. The molecule has 18 heavy (non-hydrogen) atoms. The Balaban J connectivity index is 2.42. The fraction of sp³-hybridized carbons (Fsp3) is 0.308. The quantitative estimate of drug-likeness (QED) is 0.843. The van der Waals surface area contributed by atoms with Crippen LogP contribution in [0.5, 0.6) is 0 Å². The lowest BCUT2D eigenvalue weighted by molar-refractivity contribution is 0.648. The molecule has 5 heteroatoms. The molecule has 0 aliphatic heterocycles. The monoisotopic (exact) mass is 298 g/mol. The molecule has 0 fully saturated rings. The van der Waals surface area contributed by atoms with Gasteiger partial charge in [0.1, 0.15) is 5.01 Å². The minimum atomic E-state index is 0.278. The molecule has 2 aromatic rings. The molecular formula is C13H15ClN2S2. The average molecular weight is 299 g/mol. The van der Waals surface area contributed by atoms with E-state index in [2.05, 4.69) is 28.9 Å². The maximum absolute atomic E-state index is 6.07. The van der Waals surface area contributed by atoms with Gasteiger partial charge in [-0.3, -0.25) is 0 Å². The van der Waals surface area contributed by atoms with Gasteiger partial charge in [0.05, 0.1) is 11.7 Å². The molecule has 1 heterocycles. The molecule has 1 unspecified atom stereocenters. The van der Waals surface area contributed by atoms with E-state index in [9.17, 15) is 0 Å². The summed E-state index contributed by atoms with van der Waals surface area (Å²) in [5.74, 6) is 0. The Labute approximate surface area is 121 Å². The van der Waals surface area contributed by atoms with Gasteiger partial charge in [0, 0.05) is 20.9 Å². The second-order valence-corrected chi connectivity index (χ2v) is 6.10. The normalized spacial score (nSPS) is 12.7. The fourth-order valence-electron chi connectivity index (χ4n) is 1.61. The lowest BCUT2D eigenvalue weighted by Crippen LogP contribution is -2.11. The van der Waals surface area contributed by atoms with E-state index < -0.39 is 0 Å². The highest BCUT2D eigenvalue weighted by molar-refractivity contribution is 7.98. The highest BCUT2D eigenvalue weighted by Gasteiger charge is 2.12. The van der Waals surface area contributed by atoms with E-state index >= 15 is 0 Å². The van der Waals surface area contributed by atoms with Gasteiger partial charge in [-0.15, -0.1) is 23.1 Å². The number of aromatic nitrogens is 1. The zero-order valence-electron chi connectivity index (χ0n) is 10.5. The van der Waals surface area contributed by atoms with Crippen molar-refractivity contribution in [1.82, 2.24) is 10.3 Å². The van der Waals surface area contributed by atoms with Crippen molar-refractivity contribution < 1.29 is 0 Å². The summed E-state index contributed by atoms with van der Waals surface area (Å²) in [4.78, 5) is 5.89. The van der Waals surface area contributed by atoms with Gasteiger partial charge < -0.3 is 5.32 Å². The third-order valence-corrected chi connectivity index (χ3v) is 4.82. The van der Waals surface area contributed by atoms with Gasteiger partial charge in [-0.25, -0.2) is 4.98 Å². The van der Waals surface area contributed by atoms with Crippen LogP contribution in [0.4, 0.5) is 0 Å². The van der Waals surface area contributed by atoms with Gasteiger partial charge in [-0.1, -0.05) is 11.6 Å². The third-order valence-electron chi connectivity index (χ3n) is 2.76. The van der Waals surface area contributed by atoms with Gasteiger partial charge in [-0.2, -0.15) is 0 Å². The first-order valence-corrected chi connectivity index (χ1v) is 8.10. The smallest absolute Gasteiger partial charge is 0.110 e. The van der Waals surface area contributed by atoms with Gasteiger partial charge in [0.2, 0.25) is 0 Å². The summed E-state index contributed by atoms with van der Waals surface area (Å²) in [6.07, 6.45) is 2.07. The number of nitrogens with zero attached hydrogens (tertiary/aromatic N) is 1. The number of hydrogen-bond acceptors (Lipinski definition) is 4. The topological polar surface area (TPSA) is 24.9 Å². The van der Waals surface area contributed by atoms with Crippen molar-refractivity contribution in [3.05, 3.63) is 33.6 Å². The van der Waals surface area contributed by atoms with Crippen LogP contribution in [0.15, 0.2) is 28.5 Å². The molecule has 2 rings (SSSR count). The molecule has 0 saturated heterocycles. The lowest BCUT2D eigenvalue weighted by atomic mass is 10.2. The summed E-state index contributed by atoms with van der Waals surface area (Å²) in [6, 6.07) is 6.22.